The minimum absolute atomic E-state index is 0.0973. The summed E-state index contributed by atoms with van der Waals surface area (Å²) < 4.78 is 21.7. The van der Waals surface area contributed by atoms with Crippen molar-refractivity contribution in [3.05, 3.63) is 0 Å². The molecule has 0 saturated heterocycles. The monoisotopic (exact) mass is 251 g/mol. The summed E-state index contributed by atoms with van der Waals surface area (Å²) in [6.45, 7) is 2.43. The molecule has 6 heteroatoms. The number of nitrogens with one attached hydrogen (secondary N) is 1. The van der Waals surface area contributed by atoms with Crippen molar-refractivity contribution in [3.8, 4) is 0 Å². The lowest BCUT2D eigenvalue weighted by Gasteiger charge is -2.13. The van der Waals surface area contributed by atoms with Gasteiger partial charge >= 0.3 is 5.97 Å². The minimum atomic E-state index is -2.95. The average molecular weight is 251 g/mol. The van der Waals surface area contributed by atoms with Crippen LogP contribution in [0.25, 0.3) is 0 Å². The first kappa shape index (κ1) is 15.4. The molecule has 2 N–H and O–H groups in total. The fourth-order valence-corrected chi connectivity index (χ4v) is 2.00. The largest absolute Gasteiger partial charge is 0.480 e. The Hall–Kier alpha value is -0.620. The highest BCUT2D eigenvalue weighted by Crippen LogP contribution is 2.01. The van der Waals surface area contributed by atoms with Gasteiger partial charge in [0.2, 0.25) is 0 Å². The zero-order valence-electron chi connectivity index (χ0n) is 9.90. The van der Waals surface area contributed by atoms with Crippen LogP contribution in [0.15, 0.2) is 0 Å². The second-order valence-corrected chi connectivity index (χ2v) is 6.23. The first-order chi connectivity index (χ1) is 7.37. The zero-order chi connectivity index (χ0) is 12.6. The summed E-state index contributed by atoms with van der Waals surface area (Å²) in [5.74, 6) is -0.770. The van der Waals surface area contributed by atoms with Crippen molar-refractivity contribution < 1.29 is 18.3 Å². The molecule has 0 aromatic rings. The predicted octanol–water partition coefficient (Wildman–Crippen LogP) is 0.654. The highest BCUT2D eigenvalue weighted by molar-refractivity contribution is 7.90. The van der Waals surface area contributed by atoms with Crippen molar-refractivity contribution in [1.29, 1.82) is 0 Å². The zero-order valence-corrected chi connectivity index (χ0v) is 10.7. The molecular formula is C10H21NO4S. The molecule has 0 fully saturated rings. The molecule has 16 heavy (non-hydrogen) atoms. The summed E-state index contributed by atoms with van der Waals surface area (Å²) >= 11 is 0. The summed E-state index contributed by atoms with van der Waals surface area (Å²) in [7, 11) is -2.95. The van der Waals surface area contributed by atoms with Crippen molar-refractivity contribution >= 4 is 15.8 Å². The van der Waals surface area contributed by atoms with Gasteiger partial charge in [0.25, 0.3) is 0 Å². The molecular weight excluding hydrogens is 230 g/mol. The van der Waals surface area contributed by atoms with Crippen LogP contribution in [0.5, 0.6) is 0 Å². The van der Waals surface area contributed by atoms with Crippen molar-refractivity contribution in [2.45, 2.75) is 38.6 Å². The lowest BCUT2D eigenvalue weighted by Crippen LogP contribution is -2.37. The van der Waals surface area contributed by atoms with Gasteiger partial charge in [-0.15, -0.1) is 0 Å². The molecule has 0 aliphatic rings. The van der Waals surface area contributed by atoms with Crippen LogP contribution in [-0.2, 0) is 14.6 Å². The van der Waals surface area contributed by atoms with Gasteiger partial charge in [-0.1, -0.05) is 19.8 Å². The van der Waals surface area contributed by atoms with E-state index < -0.39 is 21.8 Å². The van der Waals surface area contributed by atoms with E-state index in [1.165, 1.54) is 6.26 Å². The van der Waals surface area contributed by atoms with Gasteiger partial charge in [0.15, 0.2) is 0 Å². The van der Waals surface area contributed by atoms with Crippen molar-refractivity contribution in [2.75, 3.05) is 18.6 Å². The van der Waals surface area contributed by atoms with Gasteiger partial charge in [-0.05, 0) is 19.4 Å². The Morgan fingerprint density at radius 2 is 2.00 bits per heavy atom. The summed E-state index contributed by atoms with van der Waals surface area (Å²) in [5, 5.41) is 11.7. The third-order valence-electron chi connectivity index (χ3n) is 2.23. The van der Waals surface area contributed by atoms with E-state index in [0.29, 0.717) is 19.4 Å². The Kier molecular flexibility index (Phi) is 7.33. The number of rotatable bonds is 9. The Morgan fingerprint density at radius 1 is 1.38 bits per heavy atom. The van der Waals surface area contributed by atoms with E-state index in [1.807, 2.05) is 6.92 Å². The van der Waals surface area contributed by atoms with Gasteiger partial charge in [0.05, 0.1) is 5.75 Å². The number of carbonyl (C=O) groups is 1. The third-order valence-corrected chi connectivity index (χ3v) is 3.26. The molecule has 0 aromatic heterocycles. The number of aliphatic carboxylic acids is 1. The molecule has 0 heterocycles. The number of carboxylic acids is 1. The number of carboxylic acid groups (broad SMARTS) is 1. The van der Waals surface area contributed by atoms with Crippen LogP contribution in [0, 0.1) is 0 Å². The van der Waals surface area contributed by atoms with Crippen LogP contribution in [0.2, 0.25) is 0 Å². The molecule has 0 rings (SSSR count). The van der Waals surface area contributed by atoms with Gasteiger partial charge in [-0.3, -0.25) is 4.79 Å². The predicted molar refractivity (Wildman–Crippen MR) is 63.3 cm³/mol. The second-order valence-electron chi connectivity index (χ2n) is 3.97. The van der Waals surface area contributed by atoms with E-state index in [-0.39, 0.29) is 5.75 Å². The number of hydrogen-bond donors (Lipinski definition) is 2. The fraction of sp³-hybridized carbons (Fsp3) is 0.900. The van der Waals surface area contributed by atoms with Gasteiger partial charge in [-0.25, -0.2) is 8.42 Å². The highest BCUT2D eigenvalue weighted by atomic mass is 32.2. The van der Waals surface area contributed by atoms with Gasteiger partial charge in [0, 0.05) is 6.26 Å². The summed E-state index contributed by atoms with van der Waals surface area (Å²) in [4.78, 5) is 10.8. The number of hydrogen-bond acceptors (Lipinski definition) is 4. The van der Waals surface area contributed by atoms with E-state index in [9.17, 15) is 13.2 Å². The molecule has 5 nitrogen and oxygen atoms in total. The molecule has 0 aliphatic heterocycles. The van der Waals surface area contributed by atoms with E-state index in [1.54, 1.807) is 0 Å². The Morgan fingerprint density at radius 3 is 2.44 bits per heavy atom. The highest BCUT2D eigenvalue weighted by Gasteiger charge is 2.15. The van der Waals surface area contributed by atoms with Crippen LogP contribution >= 0.6 is 0 Å². The molecule has 1 unspecified atom stereocenters. The first-order valence-corrected chi connectivity index (χ1v) is 7.56. The third kappa shape index (κ3) is 8.67. The molecule has 0 bridgehead atoms. The van der Waals surface area contributed by atoms with Crippen LogP contribution in [0.4, 0.5) is 0 Å². The second kappa shape index (κ2) is 7.62. The van der Waals surface area contributed by atoms with E-state index in [2.05, 4.69) is 5.32 Å². The molecule has 0 saturated carbocycles. The van der Waals surface area contributed by atoms with Gasteiger partial charge < -0.3 is 10.4 Å². The molecule has 0 radical (unpaired) electrons. The summed E-state index contributed by atoms with van der Waals surface area (Å²) in [6, 6.07) is -0.556. The molecule has 96 valence electrons. The minimum Gasteiger partial charge on any atom is -0.480 e. The number of sulfone groups is 1. The molecule has 0 aromatic carbocycles. The van der Waals surface area contributed by atoms with Crippen molar-refractivity contribution in [3.63, 3.8) is 0 Å². The normalized spacial score (nSPS) is 13.6. The van der Waals surface area contributed by atoms with Crippen LogP contribution in [0.3, 0.4) is 0 Å². The van der Waals surface area contributed by atoms with E-state index in [4.69, 9.17) is 5.11 Å². The lowest BCUT2D eigenvalue weighted by atomic mass is 10.1. The average Bonchev–Trinajstić information content (AvgIpc) is 2.14. The lowest BCUT2D eigenvalue weighted by molar-refractivity contribution is -0.139. The summed E-state index contributed by atoms with van der Waals surface area (Å²) in [5.41, 5.74) is 0. The Balaban J connectivity index is 3.81. The smallest absolute Gasteiger partial charge is 0.320 e. The topological polar surface area (TPSA) is 83.5 Å². The first-order valence-electron chi connectivity index (χ1n) is 5.50. The maximum atomic E-state index is 10.8. The molecule has 0 aliphatic carbocycles. The van der Waals surface area contributed by atoms with Crippen LogP contribution in [0.1, 0.15) is 32.6 Å². The van der Waals surface area contributed by atoms with Gasteiger partial charge in [-0.2, -0.15) is 0 Å². The standard InChI is InChI=1S/C10H21NO4S/c1-3-4-6-9(10(12)13)11-7-5-8-16(2,14)15/h9,11H,3-8H2,1-2H3,(H,12,13). The van der Waals surface area contributed by atoms with E-state index in [0.717, 1.165) is 12.8 Å². The molecule has 0 spiro atoms. The maximum absolute atomic E-state index is 10.8. The Labute approximate surface area is 97.2 Å². The Bertz CT molecular complexity index is 300. The quantitative estimate of drug-likeness (QED) is 0.588. The van der Waals surface area contributed by atoms with E-state index >= 15 is 0 Å². The SMILES string of the molecule is CCCCC(NCCCS(C)(=O)=O)C(=O)O. The fourth-order valence-electron chi connectivity index (χ4n) is 1.33. The van der Waals surface area contributed by atoms with Crippen LogP contribution in [-0.4, -0.2) is 44.1 Å². The molecule has 1 atom stereocenters. The van der Waals surface area contributed by atoms with Gasteiger partial charge in [0.1, 0.15) is 15.9 Å². The van der Waals surface area contributed by atoms with Crippen LogP contribution < -0.4 is 5.32 Å². The van der Waals surface area contributed by atoms with Crippen molar-refractivity contribution in [1.82, 2.24) is 5.32 Å². The van der Waals surface area contributed by atoms with Crippen molar-refractivity contribution in [2.24, 2.45) is 0 Å². The molecule has 0 amide bonds. The number of unbranched alkanes of at least 4 members (excludes halogenated alkanes) is 1. The maximum Gasteiger partial charge on any atom is 0.320 e. The summed E-state index contributed by atoms with van der Waals surface area (Å²) in [6.07, 6.45) is 4.03.